The van der Waals surface area contributed by atoms with Crippen LogP contribution in [-0.4, -0.2) is 25.5 Å². The van der Waals surface area contributed by atoms with E-state index in [0.717, 1.165) is 5.69 Å². The van der Waals surface area contributed by atoms with E-state index in [-0.39, 0.29) is 29.1 Å². The fourth-order valence-corrected chi connectivity index (χ4v) is 2.49. The zero-order chi connectivity index (χ0) is 16.6. The third-order valence-corrected chi connectivity index (χ3v) is 3.63. The average Bonchev–Trinajstić information content (AvgIpc) is 2.86. The Hall–Kier alpha value is -3.16. The highest BCUT2D eigenvalue weighted by Gasteiger charge is 2.14. The molecule has 0 aromatic carbocycles. The third kappa shape index (κ3) is 2.78. The summed E-state index contributed by atoms with van der Waals surface area (Å²) in [6.45, 7) is 3.58. The van der Waals surface area contributed by atoms with E-state index in [2.05, 4.69) is 20.4 Å². The summed E-state index contributed by atoms with van der Waals surface area (Å²) < 4.78 is 1.55. The molecule has 3 aromatic rings. The van der Waals surface area contributed by atoms with Crippen LogP contribution in [-0.2, 0) is 11.2 Å². The maximum absolute atomic E-state index is 12.2. The van der Waals surface area contributed by atoms with Gasteiger partial charge in [0.2, 0.25) is 5.91 Å². The molecule has 3 heterocycles. The average molecular weight is 313 g/mol. The molecule has 0 atom stereocenters. The van der Waals surface area contributed by atoms with Gasteiger partial charge < -0.3 is 10.3 Å². The number of aromatic nitrogens is 4. The van der Waals surface area contributed by atoms with Crippen molar-refractivity contribution in [1.82, 2.24) is 19.6 Å². The fourth-order valence-electron chi connectivity index (χ4n) is 2.49. The number of anilines is 1. The molecule has 0 saturated carbocycles. The number of aryl methyl sites for hydroxylation is 2. The fraction of sp³-hybridized carbons (Fsp3) is 0.200. The largest absolute Gasteiger partial charge is 0.327 e. The van der Waals surface area contributed by atoms with Gasteiger partial charge in [-0.3, -0.25) is 19.5 Å². The van der Waals surface area contributed by atoms with Crippen molar-refractivity contribution in [2.75, 3.05) is 5.32 Å². The van der Waals surface area contributed by atoms with Crippen molar-refractivity contribution >= 4 is 17.2 Å². The molecule has 118 valence electrons. The highest BCUT2D eigenvalue weighted by molar-refractivity contribution is 5.92. The van der Waals surface area contributed by atoms with E-state index >= 15 is 0 Å². The van der Waals surface area contributed by atoms with Crippen LogP contribution in [0.2, 0.25) is 0 Å². The van der Waals surface area contributed by atoms with Crippen molar-refractivity contribution < 1.29 is 4.79 Å². The predicted molar refractivity (Wildman–Crippen MR) is 84.7 cm³/mol. The summed E-state index contributed by atoms with van der Waals surface area (Å²) in [6, 6.07) is 4.56. The third-order valence-electron chi connectivity index (χ3n) is 3.63. The van der Waals surface area contributed by atoms with Gasteiger partial charge in [-0.2, -0.15) is 0 Å². The standard InChI is InChI=1S/C15H15N5O3/c1-8-10(9(2)20-12(17-8)7-14(22)19-20)6-13(21)18-11-4-3-5-16-15(11)23/h3-5,7H,6H2,1-2H3,(H,16,23)(H,18,21)(H,19,22). The highest BCUT2D eigenvalue weighted by atomic mass is 16.2. The van der Waals surface area contributed by atoms with E-state index in [1.165, 1.54) is 18.3 Å². The molecule has 3 aromatic heterocycles. The van der Waals surface area contributed by atoms with Gasteiger partial charge in [-0.1, -0.05) is 0 Å². The summed E-state index contributed by atoms with van der Waals surface area (Å²) in [5, 5.41) is 5.21. The molecule has 0 radical (unpaired) electrons. The number of nitrogens with one attached hydrogen (secondary N) is 3. The van der Waals surface area contributed by atoms with Crippen molar-refractivity contribution in [2.45, 2.75) is 20.3 Å². The molecule has 0 aliphatic rings. The number of H-pyrrole nitrogens is 2. The van der Waals surface area contributed by atoms with Gasteiger partial charge in [0.05, 0.1) is 6.42 Å². The van der Waals surface area contributed by atoms with Gasteiger partial charge in [-0.25, -0.2) is 9.50 Å². The van der Waals surface area contributed by atoms with Crippen LogP contribution in [0.3, 0.4) is 0 Å². The molecule has 1 amide bonds. The lowest BCUT2D eigenvalue weighted by atomic mass is 10.1. The zero-order valence-corrected chi connectivity index (χ0v) is 12.6. The van der Waals surface area contributed by atoms with Crippen molar-refractivity contribution in [3.63, 3.8) is 0 Å². The Bertz CT molecular complexity index is 1010. The van der Waals surface area contributed by atoms with Crippen LogP contribution in [0.5, 0.6) is 0 Å². The van der Waals surface area contributed by atoms with Crippen molar-refractivity contribution in [3.05, 3.63) is 62.1 Å². The van der Waals surface area contributed by atoms with E-state index in [4.69, 9.17) is 0 Å². The molecule has 0 saturated heterocycles. The first-order chi connectivity index (χ1) is 11.0. The number of nitrogens with zero attached hydrogens (tertiary/aromatic N) is 2. The minimum atomic E-state index is -0.363. The molecule has 0 bridgehead atoms. The first-order valence-corrected chi connectivity index (χ1v) is 7.01. The molecule has 0 fully saturated rings. The molecular formula is C15H15N5O3. The van der Waals surface area contributed by atoms with Crippen molar-refractivity contribution in [1.29, 1.82) is 0 Å². The molecule has 0 aliphatic carbocycles. The molecule has 23 heavy (non-hydrogen) atoms. The van der Waals surface area contributed by atoms with E-state index in [9.17, 15) is 14.4 Å². The number of amides is 1. The number of fused-ring (bicyclic) bond motifs is 1. The SMILES string of the molecule is Cc1nc2cc(=O)[nH]n2c(C)c1CC(=O)Nc1ccc[nH]c1=O. The Morgan fingerprint density at radius 2 is 2.13 bits per heavy atom. The Morgan fingerprint density at radius 1 is 1.35 bits per heavy atom. The van der Waals surface area contributed by atoms with Crippen LogP contribution < -0.4 is 16.4 Å². The summed E-state index contributed by atoms with van der Waals surface area (Å²) >= 11 is 0. The van der Waals surface area contributed by atoms with Crippen LogP contribution in [0.25, 0.3) is 5.65 Å². The van der Waals surface area contributed by atoms with Gasteiger partial charge in [-0.05, 0) is 26.0 Å². The van der Waals surface area contributed by atoms with Gasteiger partial charge in [0.25, 0.3) is 11.1 Å². The van der Waals surface area contributed by atoms with Gasteiger partial charge in [0.15, 0.2) is 5.65 Å². The lowest BCUT2D eigenvalue weighted by molar-refractivity contribution is -0.115. The molecular weight excluding hydrogens is 298 g/mol. The first-order valence-electron chi connectivity index (χ1n) is 7.01. The molecule has 0 spiro atoms. The number of aromatic amines is 2. The number of pyridine rings is 1. The van der Waals surface area contributed by atoms with Crippen LogP contribution in [0.4, 0.5) is 5.69 Å². The van der Waals surface area contributed by atoms with Gasteiger partial charge in [0.1, 0.15) is 5.69 Å². The lowest BCUT2D eigenvalue weighted by Gasteiger charge is -2.11. The number of carbonyl (C=O) groups excluding carboxylic acids is 1. The van der Waals surface area contributed by atoms with E-state index < -0.39 is 0 Å². The Morgan fingerprint density at radius 3 is 2.87 bits per heavy atom. The minimum absolute atomic E-state index is 0.0507. The van der Waals surface area contributed by atoms with E-state index in [1.54, 1.807) is 24.4 Å². The molecule has 0 unspecified atom stereocenters. The van der Waals surface area contributed by atoms with E-state index in [1.807, 2.05) is 0 Å². The predicted octanol–water partition coefficient (Wildman–Crippen LogP) is 0.509. The Kier molecular flexibility index (Phi) is 3.57. The molecule has 0 aliphatic heterocycles. The first kappa shape index (κ1) is 14.8. The van der Waals surface area contributed by atoms with Crippen LogP contribution in [0.15, 0.2) is 34.0 Å². The number of rotatable bonds is 3. The van der Waals surface area contributed by atoms with Crippen LogP contribution >= 0.6 is 0 Å². The summed E-state index contributed by atoms with van der Waals surface area (Å²) in [5.74, 6) is -0.330. The quantitative estimate of drug-likeness (QED) is 0.654. The second kappa shape index (κ2) is 5.56. The second-order valence-corrected chi connectivity index (χ2v) is 5.21. The normalized spacial score (nSPS) is 10.9. The monoisotopic (exact) mass is 313 g/mol. The maximum Gasteiger partial charge on any atom is 0.271 e. The lowest BCUT2D eigenvalue weighted by Crippen LogP contribution is -2.22. The van der Waals surface area contributed by atoms with Gasteiger partial charge >= 0.3 is 0 Å². The molecule has 8 nitrogen and oxygen atoms in total. The second-order valence-electron chi connectivity index (χ2n) is 5.21. The zero-order valence-electron chi connectivity index (χ0n) is 12.6. The van der Waals surface area contributed by atoms with Crippen molar-refractivity contribution in [2.24, 2.45) is 0 Å². The highest BCUT2D eigenvalue weighted by Crippen LogP contribution is 2.14. The number of carbonyl (C=O) groups is 1. The smallest absolute Gasteiger partial charge is 0.271 e. The minimum Gasteiger partial charge on any atom is -0.327 e. The van der Waals surface area contributed by atoms with E-state index in [0.29, 0.717) is 16.9 Å². The Labute approximate surface area is 130 Å². The van der Waals surface area contributed by atoms with Gasteiger partial charge in [0, 0.05) is 29.2 Å². The number of hydrogen-bond acceptors (Lipinski definition) is 4. The van der Waals surface area contributed by atoms with Crippen molar-refractivity contribution in [3.8, 4) is 0 Å². The van der Waals surface area contributed by atoms with Crippen LogP contribution in [0.1, 0.15) is 17.0 Å². The summed E-state index contributed by atoms with van der Waals surface area (Å²) in [5.41, 5.74) is 2.18. The summed E-state index contributed by atoms with van der Waals surface area (Å²) in [7, 11) is 0. The summed E-state index contributed by atoms with van der Waals surface area (Å²) in [4.78, 5) is 42.0. The molecule has 8 heteroatoms. The molecule has 3 rings (SSSR count). The summed E-state index contributed by atoms with van der Waals surface area (Å²) in [6.07, 6.45) is 1.54. The van der Waals surface area contributed by atoms with Gasteiger partial charge in [-0.15, -0.1) is 0 Å². The number of hydrogen-bond donors (Lipinski definition) is 3. The topological polar surface area (TPSA) is 112 Å². The Balaban J connectivity index is 1.92. The molecule has 3 N–H and O–H groups in total. The van der Waals surface area contributed by atoms with Crippen LogP contribution in [0, 0.1) is 13.8 Å². The maximum atomic E-state index is 12.2.